The molecule has 0 bridgehead atoms. The summed E-state index contributed by atoms with van der Waals surface area (Å²) < 4.78 is 34.5. The molecule has 1 aliphatic rings. The minimum atomic E-state index is -3.69. The van der Waals surface area contributed by atoms with Gasteiger partial charge in [-0.2, -0.15) is 0 Å². The van der Waals surface area contributed by atoms with Gasteiger partial charge in [0.05, 0.1) is 0 Å². The van der Waals surface area contributed by atoms with E-state index >= 15 is 0 Å². The van der Waals surface area contributed by atoms with Crippen LogP contribution >= 0.6 is 12.2 Å². The number of rotatable bonds is 3. The molecular weight excluding hydrogens is 326 g/mol. The molecule has 0 fully saturated rings. The Hall–Kier alpha value is -2.74. The van der Waals surface area contributed by atoms with Crippen LogP contribution in [0.1, 0.15) is 15.9 Å². The quantitative estimate of drug-likeness (QED) is 0.843. The molecule has 0 saturated carbocycles. The molecule has 8 heteroatoms. The van der Waals surface area contributed by atoms with Gasteiger partial charge in [-0.15, -0.1) is 8.78 Å². The summed E-state index contributed by atoms with van der Waals surface area (Å²) in [6.07, 6.45) is -3.69. The van der Waals surface area contributed by atoms with Crippen LogP contribution in [0.3, 0.4) is 0 Å². The molecule has 0 saturated heterocycles. The van der Waals surface area contributed by atoms with Crippen LogP contribution in [-0.2, 0) is 0 Å². The number of ether oxygens (including phenoxy) is 2. The van der Waals surface area contributed by atoms with Gasteiger partial charge >= 0.3 is 6.29 Å². The summed E-state index contributed by atoms with van der Waals surface area (Å²) in [5.74, 6) is -0.643. The van der Waals surface area contributed by atoms with E-state index in [1.54, 1.807) is 24.3 Å². The average molecular weight is 336 g/mol. The maximum atomic E-state index is 12.9. The first-order chi connectivity index (χ1) is 10.8. The number of nitrogens with two attached hydrogens (primary N) is 1. The predicted octanol–water partition coefficient (Wildman–Crippen LogP) is 2.89. The Kier molecular flexibility index (Phi) is 3.61. The number of benzene rings is 2. The van der Waals surface area contributed by atoms with Crippen LogP contribution in [0.2, 0.25) is 0 Å². The third-order valence-corrected chi connectivity index (χ3v) is 3.33. The zero-order chi connectivity index (χ0) is 16.6. The molecule has 1 amide bonds. The van der Waals surface area contributed by atoms with E-state index < -0.39 is 12.2 Å². The molecule has 2 aromatic carbocycles. The van der Waals surface area contributed by atoms with Gasteiger partial charge in [0.25, 0.3) is 5.91 Å². The first kappa shape index (κ1) is 15.2. The lowest BCUT2D eigenvalue weighted by Crippen LogP contribution is -2.25. The standard InChI is InChI=1S/C15H10F2N2O3S/c16-15(17)21-11-6-5-10(7-12(11)22-15)19-14(20)9-3-1-8(2-4-9)13(18)23/h1-7H,(H2,18,23)(H,19,20). The lowest BCUT2D eigenvalue weighted by atomic mass is 10.1. The SMILES string of the molecule is NC(=S)c1ccc(C(=O)Nc2ccc3c(c2)OC(F)(F)O3)cc1. The molecule has 2 aromatic rings. The van der Waals surface area contributed by atoms with Crippen molar-refractivity contribution >= 4 is 28.8 Å². The van der Waals surface area contributed by atoms with Crippen molar-refractivity contribution in [3.63, 3.8) is 0 Å². The van der Waals surface area contributed by atoms with Gasteiger partial charge in [0.1, 0.15) is 4.99 Å². The van der Waals surface area contributed by atoms with Gasteiger partial charge in [-0.25, -0.2) is 0 Å². The molecule has 0 aliphatic carbocycles. The summed E-state index contributed by atoms with van der Waals surface area (Å²) >= 11 is 4.83. The van der Waals surface area contributed by atoms with Gasteiger partial charge in [0.2, 0.25) is 0 Å². The van der Waals surface area contributed by atoms with E-state index in [0.717, 1.165) is 0 Å². The van der Waals surface area contributed by atoms with Crippen LogP contribution in [0.15, 0.2) is 42.5 Å². The van der Waals surface area contributed by atoms with Crippen molar-refractivity contribution in [3.8, 4) is 11.5 Å². The fraction of sp³-hybridized carbons (Fsp3) is 0.0667. The number of hydrogen-bond donors (Lipinski definition) is 2. The number of hydrogen-bond acceptors (Lipinski definition) is 4. The van der Waals surface area contributed by atoms with E-state index in [9.17, 15) is 13.6 Å². The highest BCUT2D eigenvalue weighted by atomic mass is 32.1. The number of anilines is 1. The molecule has 0 spiro atoms. The molecule has 118 valence electrons. The summed E-state index contributed by atoms with van der Waals surface area (Å²) in [7, 11) is 0. The van der Waals surface area contributed by atoms with Gasteiger partial charge in [-0.3, -0.25) is 4.79 Å². The molecule has 1 aliphatic heterocycles. The fourth-order valence-electron chi connectivity index (χ4n) is 2.02. The van der Waals surface area contributed by atoms with Crippen LogP contribution in [-0.4, -0.2) is 17.2 Å². The van der Waals surface area contributed by atoms with Gasteiger partial charge in [-0.1, -0.05) is 24.4 Å². The van der Waals surface area contributed by atoms with E-state index in [-0.39, 0.29) is 16.5 Å². The van der Waals surface area contributed by atoms with Crippen molar-refractivity contribution in [3.05, 3.63) is 53.6 Å². The first-order valence-electron chi connectivity index (χ1n) is 6.45. The molecular formula is C15H10F2N2O3S. The van der Waals surface area contributed by atoms with E-state index in [4.69, 9.17) is 18.0 Å². The summed E-state index contributed by atoms with van der Waals surface area (Å²) in [4.78, 5) is 12.4. The Balaban J connectivity index is 1.75. The van der Waals surface area contributed by atoms with Gasteiger partial charge < -0.3 is 20.5 Å². The number of carbonyl (C=O) groups excluding carboxylic acids is 1. The molecule has 3 rings (SSSR count). The fourth-order valence-corrected chi connectivity index (χ4v) is 2.15. The molecule has 3 N–H and O–H groups in total. The number of amides is 1. The molecule has 0 unspecified atom stereocenters. The highest BCUT2D eigenvalue weighted by molar-refractivity contribution is 7.80. The smallest absolute Gasteiger partial charge is 0.395 e. The zero-order valence-corrected chi connectivity index (χ0v) is 12.3. The minimum absolute atomic E-state index is 0.0891. The van der Waals surface area contributed by atoms with E-state index in [1.165, 1.54) is 18.2 Å². The lowest BCUT2D eigenvalue weighted by molar-refractivity contribution is -0.286. The number of alkyl halides is 2. The third-order valence-electron chi connectivity index (χ3n) is 3.09. The second kappa shape index (κ2) is 5.47. The van der Waals surface area contributed by atoms with Gasteiger partial charge in [0, 0.05) is 22.9 Å². The van der Waals surface area contributed by atoms with E-state index in [2.05, 4.69) is 14.8 Å². The number of fused-ring (bicyclic) bond motifs is 1. The minimum Gasteiger partial charge on any atom is -0.395 e. The van der Waals surface area contributed by atoms with Gasteiger partial charge in [0.15, 0.2) is 11.5 Å². The van der Waals surface area contributed by atoms with E-state index in [0.29, 0.717) is 16.8 Å². The Bertz CT molecular complexity index is 794. The van der Waals surface area contributed by atoms with Crippen molar-refractivity contribution in [2.45, 2.75) is 6.29 Å². The van der Waals surface area contributed by atoms with Crippen molar-refractivity contribution < 1.29 is 23.0 Å². The normalized spacial score (nSPS) is 14.3. The zero-order valence-electron chi connectivity index (χ0n) is 11.5. The highest BCUT2D eigenvalue weighted by Crippen LogP contribution is 2.42. The third kappa shape index (κ3) is 3.21. The Labute approximate surface area is 135 Å². The first-order valence-corrected chi connectivity index (χ1v) is 6.86. The van der Waals surface area contributed by atoms with Crippen LogP contribution < -0.4 is 20.5 Å². The summed E-state index contributed by atoms with van der Waals surface area (Å²) in [6, 6.07) is 10.4. The average Bonchev–Trinajstić information content (AvgIpc) is 2.80. The highest BCUT2D eigenvalue weighted by Gasteiger charge is 2.43. The van der Waals surface area contributed by atoms with Crippen molar-refractivity contribution in [2.24, 2.45) is 5.73 Å². The van der Waals surface area contributed by atoms with Crippen molar-refractivity contribution in [1.82, 2.24) is 0 Å². The number of carbonyl (C=O) groups is 1. The second-order valence-electron chi connectivity index (χ2n) is 4.72. The molecule has 1 heterocycles. The van der Waals surface area contributed by atoms with Crippen molar-refractivity contribution in [1.29, 1.82) is 0 Å². The predicted molar refractivity (Wildman–Crippen MR) is 82.9 cm³/mol. The van der Waals surface area contributed by atoms with Gasteiger partial charge in [-0.05, 0) is 24.3 Å². The van der Waals surface area contributed by atoms with Crippen molar-refractivity contribution in [2.75, 3.05) is 5.32 Å². The van der Waals surface area contributed by atoms with Crippen LogP contribution in [0.25, 0.3) is 0 Å². The second-order valence-corrected chi connectivity index (χ2v) is 5.16. The summed E-state index contributed by atoms with van der Waals surface area (Å²) in [5.41, 5.74) is 6.79. The van der Waals surface area contributed by atoms with Crippen LogP contribution in [0.4, 0.5) is 14.5 Å². The molecule has 23 heavy (non-hydrogen) atoms. The Morgan fingerprint density at radius 1 is 1.04 bits per heavy atom. The van der Waals surface area contributed by atoms with E-state index in [1.807, 2.05) is 0 Å². The molecule has 0 aromatic heterocycles. The lowest BCUT2D eigenvalue weighted by Gasteiger charge is -2.07. The van der Waals surface area contributed by atoms with Crippen LogP contribution in [0.5, 0.6) is 11.5 Å². The summed E-state index contributed by atoms with van der Waals surface area (Å²) in [6.45, 7) is 0. The maximum absolute atomic E-state index is 12.9. The Morgan fingerprint density at radius 3 is 2.30 bits per heavy atom. The number of thiocarbonyl (C=S) groups is 1. The summed E-state index contributed by atoms with van der Waals surface area (Å²) in [5, 5.41) is 2.58. The molecule has 0 atom stereocenters. The molecule has 5 nitrogen and oxygen atoms in total. The maximum Gasteiger partial charge on any atom is 0.586 e. The Morgan fingerprint density at radius 2 is 1.65 bits per heavy atom. The molecule has 0 radical (unpaired) electrons. The monoisotopic (exact) mass is 336 g/mol. The number of halogens is 2. The largest absolute Gasteiger partial charge is 0.586 e. The topological polar surface area (TPSA) is 73.6 Å². The van der Waals surface area contributed by atoms with Crippen LogP contribution in [0, 0.1) is 0 Å². The number of nitrogens with one attached hydrogen (secondary N) is 1.